The number of rotatable bonds is 5. The predicted octanol–water partition coefficient (Wildman–Crippen LogP) is 1.82. The number of ether oxygens (including phenoxy) is 1. The van der Waals surface area contributed by atoms with Crippen molar-refractivity contribution in [2.24, 2.45) is 0 Å². The number of benzene rings is 1. The van der Waals surface area contributed by atoms with Gasteiger partial charge in [-0.2, -0.15) is 0 Å². The lowest BCUT2D eigenvalue weighted by molar-refractivity contribution is -0.133. The van der Waals surface area contributed by atoms with Crippen LogP contribution in [-0.4, -0.2) is 60.2 Å². The van der Waals surface area contributed by atoms with Gasteiger partial charge in [-0.3, -0.25) is 9.69 Å². The number of hydrogen-bond acceptors (Lipinski definition) is 4. The van der Waals surface area contributed by atoms with Crippen LogP contribution in [0.4, 0.5) is 0 Å². The van der Waals surface area contributed by atoms with E-state index in [0.717, 1.165) is 44.5 Å². The maximum absolute atomic E-state index is 12.7. The molecule has 23 heavy (non-hydrogen) atoms. The fourth-order valence-corrected chi connectivity index (χ4v) is 3.81. The van der Waals surface area contributed by atoms with Crippen LogP contribution in [0.15, 0.2) is 24.3 Å². The molecule has 1 amide bonds. The quantitative estimate of drug-likeness (QED) is 0.900. The largest absolute Gasteiger partial charge is 0.497 e. The number of carbonyl (C=O) groups is 1. The summed E-state index contributed by atoms with van der Waals surface area (Å²) in [7, 11) is 1.66. The SMILES string of the molecule is COc1ccc(C2CCCN2C(=O)CN2CCCC2CO)cc1. The Morgan fingerprint density at radius 1 is 1.22 bits per heavy atom. The van der Waals surface area contributed by atoms with Crippen LogP contribution in [0.5, 0.6) is 5.75 Å². The van der Waals surface area contributed by atoms with Gasteiger partial charge in [0.2, 0.25) is 5.91 Å². The van der Waals surface area contributed by atoms with E-state index in [-0.39, 0.29) is 24.6 Å². The fourth-order valence-electron chi connectivity index (χ4n) is 3.81. The van der Waals surface area contributed by atoms with E-state index in [4.69, 9.17) is 4.74 Å². The maximum atomic E-state index is 12.7. The minimum atomic E-state index is 0.148. The first-order valence-electron chi connectivity index (χ1n) is 8.51. The van der Waals surface area contributed by atoms with E-state index >= 15 is 0 Å². The smallest absolute Gasteiger partial charge is 0.237 e. The second kappa shape index (κ2) is 7.32. The predicted molar refractivity (Wildman–Crippen MR) is 88.4 cm³/mol. The third-order valence-electron chi connectivity index (χ3n) is 5.12. The Morgan fingerprint density at radius 3 is 2.65 bits per heavy atom. The van der Waals surface area contributed by atoms with Crippen LogP contribution in [0.2, 0.25) is 0 Å². The number of aliphatic hydroxyl groups excluding tert-OH is 1. The van der Waals surface area contributed by atoms with Gasteiger partial charge in [-0.15, -0.1) is 0 Å². The number of carbonyl (C=O) groups excluding carboxylic acids is 1. The average Bonchev–Trinajstić information content (AvgIpc) is 3.23. The van der Waals surface area contributed by atoms with Gasteiger partial charge in [0.15, 0.2) is 0 Å². The van der Waals surface area contributed by atoms with E-state index in [1.54, 1.807) is 7.11 Å². The van der Waals surface area contributed by atoms with Crippen LogP contribution in [0, 0.1) is 0 Å². The van der Waals surface area contributed by atoms with Crippen LogP contribution in [0.3, 0.4) is 0 Å². The van der Waals surface area contributed by atoms with Crippen molar-refractivity contribution in [1.82, 2.24) is 9.80 Å². The van der Waals surface area contributed by atoms with E-state index in [2.05, 4.69) is 17.0 Å². The molecule has 5 nitrogen and oxygen atoms in total. The Balaban J connectivity index is 1.66. The summed E-state index contributed by atoms with van der Waals surface area (Å²) in [4.78, 5) is 16.9. The lowest BCUT2D eigenvalue weighted by Gasteiger charge is -2.29. The van der Waals surface area contributed by atoms with Crippen molar-refractivity contribution in [3.63, 3.8) is 0 Å². The molecule has 0 bridgehead atoms. The molecule has 1 N–H and O–H groups in total. The van der Waals surface area contributed by atoms with E-state index in [1.165, 1.54) is 5.56 Å². The molecule has 3 rings (SSSR count). The Kier molecular flexibility index (Phi) is 5.18. The van der Waals surface area contributed by atoms with Gasteiger partial charge in [0.25, 0.3) is 0 Å². The minimum absolute atomic E-state index is 0.148. The molecule has 2 heterocycles. The third-order valence-corrected chi connectivity index (χ3v) is 5.12. The van der Waals surface area contributed by atoms with Gasteiger partial charge < -0.3 is 14.7 Å². The van der Waals surface area contributed by atoms with Crippen molar-refractivity contribution in [3.8, 4) is 5.75 Å². The summed E-state index contributed by atoms with van der Waals surface area (Å²) in [5.41, 5.74) is 1.18. The van der Waals surface area contributed by atoms with Crippen LogP contribution in [-0.2, 0) is 4.79 Å². The number of nitrogens with zero attached hydrogens (tertiary/aromatic N) is 2. The van der Waals surface area contributed by atoms with Crippen LogP contribution < -0.4 is 4.74 Å². The summed E-state index contributed by atoms with van der Waals surface area (Å²) in [5.74, 6) is 1.02. The van der Waals surface area contributed by atoms with Gasteiger partial charge in [-0.25, -0.2) is 0 Å². The molecule has 2 atom stereocenters. The zero-order valence-corrected chi connectivity index (χ0v) is 13.8. The highest BCUT2D eigenvalue weighted by molar-refractivity contribution is 5.79. The zero-order valence-electron chi connectivity index (χ0n) is 13.8. The van der Waals surface area contributed by atoms with Crippen LogP contribution >= 0.6 is 0 Å². The monoisotopic (exact) mass is 318 g/mol. The Hall–Kier alpha value is -1.59. The second-order valence-corrected chi connectivity index (χ2v) is 6.47. The summed E-state index contributed by atoms with van der Waals surface area (Å²) in [6.45, 7) is 2.32. The van der Waals surface area contributed by atoms with Crippen molar-refractivity contribution < 1.29 is 14.6 Å². The van der Waals surface area contributed by atoms with Gasteiger partial charge in [0.1, 0.15) is 5.75 Å². The first-order valence-corrected chi connectivity index (χ1v) is 8.51. The zero-order chi connectivity index (χ0) is 16.2. The molecule has 2 aliphatic heterocycles. The Bertz CT molecular complexity index is 532. The standard InChI is InChI=1S/C18H26N2O3/c1-23-16-8-6-14(7-9-16)17-5-3-11-20(17)18(22)12-19-10-2-4-15(19)13-21/h6-9,15,17,21H,2-5,10-13H2,1H3. The van der Waals surface area contributed by atoms with Gasteiger partial charge >= 0.3 is 0 Å². The Labute approximate surface area is 137 Å². The highest BCUT2D eigenvalue weighted by atomic mass is 16.5. The van der Waals surface area contributed by atoms with Crippen LogP contribution in [0.25, 0.3) is 0 Å². The minimum Gasteiger partial charge on any atom is -0.497 e. The van der Waals surface area contributed by atoms with E-state index in [9.17, 15) is 9.90 Å². The van der Waals surface area contributed by atoms with E-state index in [1.807, 2.05) is 17.0 Å². The molecule has 2 unspecified atom stereocenters. The van der Waals surface area contributed by atoms with Gasteiger partial charge in [-0.05, 0) is 49.9 Å². The summed E-state index contributed by atoms with van der Waals surface area (Å²) in [6, 6.07) is 8.35. The molecule has 2 fully saturated rings. The van der Waals surface area contributed by atoms with E-state index in [0.29, 0.717) is 6.54 Å². The van der Waals surface area contributed by atoms with Gasteiger partial charge in [-0.1, -0.05) is 12.1 Å². The molecule has 126 valence electrons. The molecule has 1 aromatic carbocycles. The molecular formula is C18H26N2O3. The summed E-state index contributed by atoms with van der Waals surface area (Å²) >= 11 is 0. The molecule has 0 spiro atoms. The number of hydrogen-bond donors (Lipinski definition) is 1. The summed E-state index contributed by atoms with van der Waals surface area (Å²) in [5, 5.41) is 9.42. The lowest BCUT2D eigenvalue weighted by Crippen LogP contribution is -2.43. The topological polar surface area (TPSA) is 53.0 Å². The summed E-state index contributed by atoms with van der Waals surface area (Å²) in [6.07, 6.45) is 4.12. The van der Waals surface area contributed by atoms with Crippen molar-refractivity contribution in [2.75, 3.05) is 33.4 Å². The molecular weight excluding hydrogens is 292 g/mol. The van der Waals surface area contributed by atoms with E-state index < -0.39 is 0 Å². The number of methoxy groups -OCH3 is 1. The first kappa shape index (κ1) is 16.3. The van der Waals surface area contributed by atoms with Crippen molar-refractivity contribution in [2.45, 2.75) is 37.8 Å². The summed E-state index contributed by atoms with van der Waals surface area (Å²) < 4.78 is 5.21. The fraction of sp³-hybridized carbons (Fsp3) is 0.611. The number of aliphatic hydroxyl groups is 1. The van der Waals surface area contributed by atoms with Crippen molar-refractivity contribution >= 4 is 5.91 Å². The normalized spacial score (nSPS) is 25.0. The molecule has 5 heteroatoms. The first-order chi connectivity index (χ1) is 11.2. The van der Waals surface area contributed by atoms with Crippen molar-refractivity contribution in [3.05, 3.63) is 29.8 Å². The molecule has 2 saturated heterocycles. The Morgan fingerprint density at radius 2 is 1.96 bits per heavy atom. The molecule has 0 aromatic heterocycles. The highest BCUT2D eigenvalue weighted by Gasteiger charge is 2.33. The third kappa shape index (κ3) is 3.51. The molecule has 2 aliphatic rings. The molecule has 0 radical (unpaired) electrons. The molecule has 0 aliphatic carbocycles. The highest BCUT2D eigenvalue weighted by Crippen LogP contribution is 2.33. The van der Waals surface area contributed by atoms with Crippen LogP contribution in [0.1, 0.15) is 37.3 Å². The molecule has 0 saturated carbocycles. The lowest BCUT2D eigenvalue weighted by atomic mass is 10.0. The van der Waals surface area contributed by atoms with Gasteiger partial charge in [0.05, 0.1) is 26.3 Å². The number of amides is 1. The maximum Gasteiger partial charge on any atom is 0.237 e. The average molecular weight is 318 g/mol. The molecule has 1 aromatic rings. The van der Waals surface area contributed by atoms with Gasteiger partial charge in [0, 0.05) is 12.6 Å². The van der Waals surface area contributed by atoms with Crippen molar-refractivity contribution in [1.29, 1.82) is 0 Å². The number of likely N-dealkylation sites (tertiary alicyclic amines) is 2. The second-order valence-electron chi connectivity index (χ2n) is 6.47.